The zero-order chi connectivity index (χ0) is 23.8. The number of aliphatic hydroxyl groups is 1. The number of ether oxygens (including phenoxy) is 2. The summed E-state index contributed by atoms with van der Waals surface area (Å²) in [4.78, 5) is 24.9. The van der Waals surface area contributed by atoms with Crippen LogP contribution in [0.3, 0.4) is 0 Å². The third kappa shape index (κ3) is 6.02. The first-order valence-corrected chi connectivity index (χ1v) is 11.0. The number of aromatic nitrogens is 3. The van der Waals surface area contributed by atoms with E-state index in [1.807, 2.05) is 6.07 Å². The van der Waals surface area contributed by atoms with Crippen molar-refractivity contribution in [2.45, 2.75) is 11.2 Å². The van der Waals surface area contributed by atoms with E-state index in [2.05, 4.69) is 20.8 Å². The highest BCUT2D eigenvalue weighted by Gasteiger charge is 2.22. The van der Waals surface area contributed by atoms with Gasteiger partial charge in [-0.1, -0.05) is 23.9 Å². The zero-order valence-electron chi connectivity index (χ0n) is 18.4. The third-order valence-electron chi connectivity index (χ3n) is 4.73. The van der Waals surface area contributed by atoms with E-state index < -0.39 is 6.04 Å². The van der Waals surface area contributed by atoms with Gasteiger partial charge in [0.2, 0.25) is 5.91 Å². The molecular formula is C22H25N5O5S. The molecule has 3 N–H and O–H groups in total. The van der Waals surface area contributed by atoms with Crippen LogP contribution >= 0.6 is 11.8 Å². The van der Waals surface area contributed by atoms with Gasteiger partial charge in [0.25, 0.3) is 5.91 Å². The van der Waals surface area contributed by atoms with Crippen molar-refractivity contribution < 1.29 is 24.2 Å². The average molecular weight is 472 g/mol. The van der Waals surface area contributed by atoms with Gasteiger partial charge in [0.05, 0.1) is 32.3 Å². The van der Waals surface area contributed by atoms with E-state index in [1.54, 1.807) is 61.2 Å². The molecule has 0 aliphatic heterocycles. The van der Waals surface area contributed by atoms with Gasteiger partial charge in [-0.2, -0.15) is 0 Å². The van der Waals surface area contributed by atoms with Crippen molar-refractivity contribution in [2.75, 3.05) is 31.9 Å². The predicted octanol–water partition coefficient (Wildman–Crippen LogP) is 2.03. The van der Waals surface area contributed by atoms with Gasteiger partial charge in [-0.3, -0.25) is 9.59 Å². The number of aliphatic hydroxyl groups excluding tert-OH is 1. The first kappa shape index (κ1) is 24.1. The summed E-state index contributed by atoms with van der Waals surface area (Å²) in [6, 6.07) is 13.0. The fourth-order valence-corrected chi connectivity index (χ4v) is 3.71. The number of nitrogens with zero attached hydrogens (tertiary/aromatic N) is 3. The molecule has 2 amide bonds. The molecule has 0 bridgehead atoms. The molecule has 0 aliphatic rings. The van der Waals surface area contributed by atoms with Crippen molar-refractivity contribution in [3.05, 3.63) is 59.9 Å². The Morgan fingerprint density at radius 3 is 2.48 bits per heavy atom. The van der Waals surface area contributed by atoms with Crippen molar-refractivity contribution >= 4 is 29.3 Å². The maximum absolute atomic E-state index is 12.6. The molecule has 3 aromatic rings. The van der Waals surface area contributed by atoms with Gasteiger partial charge in [0, 0.05) is 12.6 Å². The number of hydrogen-bond acceptors (Lipinski definition) is 8. The van der Waals surface area contributed by atoms with Crippen LogP contribution in [0.25, 0.3) is 0 Å². The number of carbonyl (C=O) groups excluding carboxylic acids is 2. The maximum Gasteiger partial charge on any atom is 0.251 e. The van der Waals surface area contributed by atoms with E-state index in [0.29, 0.717) is 33.7 Å². The molecular weight excluding hydrogens is 446 g/mol. The Balaban J connectivity index is 1.62. The Morgan fingerprint density at radius 2 is 1.82 bits per heavy atom. The van der Waals surface area contributed by atoms with Gasteiger partial charge in [-0.15, -0.1) is 10.2 Å². The minimum absolute atomic E-state index is 0.0893. The first-order chi connectivity index (χ1) is 16.0. The second-order valence-corrected chi connectivity index (χ2v) is 7.82. The maximum atomic E-state index is 12.6. The molecule has 0 unspecified atom stereocenters. The Labute approximate surface area is 195 Å². The Bertz CT molecular complexity index is 1100. The summed E-state index contributed by atoms with van der Waals surface area (Å²) in [5.41, 5.74) is 0.991. The third-order valence-corrected chi connectivity index (χ3v) is 5.75. The number of nitrogens with one attached hydrogen (secondary N) is 2. The fourth-order valence-electron chi connectivity index (χ4n) is 3.00. The molecule has 1 heterocycles. The Morgan fingerprint density at radius 1 is 1.09 bits per heavy atom. The Kier molecular flexibility index (Phi) is 8.28. The lowest BCUT2D eigenvalue weighted by Crippen LogP contribution is -2.32. The standard InChI is InChI=1S/C22H25N5O5S/c1-27-20(17(12-28)24-21(30)14-8-10-15(31-2)11-9-14)25-26-22(27)33-13-19(29)23-16-6-4-5-7-18(16)32-3/h4-11,17,28H,12-13H2,1-3H3,(H,23,29)(H,24,30)/t17-/m1/s1. The highest BCUT2D eigenvalue weighted by Crippen LogP contribution is 2.24. The van der Waals surface area contributed by atoms with Crippen molar-refractivity contribution in [3.8, 4) is 11.5 Å². The lowest BCUT2D eigenvalue weighted by Gasteiger charge is -2.16. The number of carbonyl (C=O) groups is 2. The van der Waals surface area contributed by atoms with Crippen molar-refractivity contribution in [2.24, 2.45) is 7.05 Å². The fraction of sp³-hybridized carbons (Fsp3) is 0.273. The number of para-hydroxylation sites is 2. The second-order valence-electron chi connectivity index (χ2n) is 6.87. The molecule has 10 nitrogen and oxygen atoms in total. The van der Waals surface area contributed by atoms with Crippen LogP contribution in [0.2, 0.25) is 0 Å². The molecule has 174 valence electrons. The summed E-state index contributed by atoms with van der Waals surface area (Å²) in [6.45, 7) is -0.368. The molecule has 2 aromatic carbocycles. The quantitative estimate of drug-likeness (QED) is 0.383. The van der Waals surface area contributed by atoms with Gasteiger partial charge in [-0.25, -0.2) is 0 Å². The van der Waals surface area contributed by atoms with Crippen molar-refractivity contribution in [1.82, 2.24) is 20.1 Å². The van der Waals surface area contributed by atoms with Crippen LogP contribution in [-0.4, -0.2) is 58.3 Å². The van der Waals surface area contributed by atoms with Crippen molar-refractivity contribution in [3.63, 3.8) is 0 Å². The van der Waals surface area contributed by atoms with Crippen LogP contribution in [0.4, 0.5) is 5.69 Å². The molecule has 1 aromatic heterocycles. The van der Waals surface area contributed by atoms with Crippen LogP contribution in [-0.2, 0) is 11.8 Å². The predicted molar refractivity (Wildman–Crippen MR) is 124 cm³/mol. The number of methoxy groups -OCH3 is 2. The SMILES string of the molecule is COc1ccc(C(=O)N[C@H](CO)c2nnc(SCC(=O)Nc3ccccc3OC)n2C)cc1. The largest absolute Gasteiger partial charge is 0.497 e. The van der Waals surface area contributed by atoms with Crippen LogP contribution < -0.4 is 20.1 Å². The lowest BCUT2D eigenvalue weighted by molar-refractivity contribution is -0.113. The number of amides is 2. The lowest BCUT2D eigenvalue weighted by atomic mass is 10.2. The van der Waals surface area contributed by atoms with Gasteiger partial charge < -0.3 is 29.8 Å². The summed E-state index contributed by atoms with van der Waals surface area (Å²) in [6.07, 6.45) is 0. The minimum atomic E-state index is -0.770. The molecule has 0 radical (unpaired) electrons. The molecule has 0 saturated heterocycles. The summed E-state index contributed by atoms with van der Waals surface area (Å²) in [5, 5.41) is 24.0. The van der Waals surface area contributed by atoms with E-state index in [-0.39, 0.29) is 24.2 Å². The number of thioether (sulfide) groups is 1. The monoisotopic (exact) mass is 471 g/mol. The molecule has 0 fully saturated rings. The molecule has 3 rings (SSSR count). The number of benzene rings is 2. The summed E-state index contributed by atoms with van der Waals surface area (Å²) < 4.78 is 12.0. The van der Waals surface area contributed by atoms with Gasteiger partial charge in [0.1, 0.15) is 17.5 Å². The van der Waals surface area contributed by atoms with Gasteiger partial charge >= 0.3 is 0 Å². The van der Waals surface area contributed by atoms with Crippen molar-refractivity contribution in [1.29, 1.82) is 0 Å². The summed E-state index contributed by atoms with van der Waals surface area (Å²) >= 11 is 1.18. The minimum Gasteiger partial charge on any atom is -0.497 e. The molecule has 0 aliphatic carbocycles. The van der Waals surface area contributed by atoms with E-state index >= 15 is 0 Å². The van der Waals surface area contributed by atoms with Crippen LogP contribution in [0.15, 0.2) is 53.7 Å². The van der Waals surface area contributed by atoms with E-state index in [9.17, 15) is 14.7 Å². The number of rotatable bonds is 10. The molecule has 11 heteroatoms. The van der Waals surface area contributed by atoms with E-state index in [4.69, 9.17) is 9.47 Å². The second kappa shape index (κ2) is 11.3. The number of anilines is 1. The average Bonchev–Trinajstić information content (AvgIpc) is 3.21. The molecule has 0 saturated carbocycles. The highest BCUT2D eigenvalue weighted by atomic mass is 32.2. The molecule has 1 atom stereocenters. The molecule has 33 heavy (non-hydrogen) atoms. The van der Waals surface area contributed by atoms with Gasteiger partial charge in [0.15, 0.2) is 11.0 Å². The summed E-state index contributed by atoms with van der Waals surface area (Å²) in [5.74, 6) is 1.05. The van der Waals surface area contributed by atoms with E-state index in [0.717, 1.165) is 0 Å². The highest BCUT2D eigenvalue weighted by molar-refractivity contribution is 7.99. The normalized spacial score (nSPS) is 11.5. The van der Waals surface area contributed by atoms with Crippen LogP contribution in [0.5, 0.6) is 11.5 Å². The van der Waals surface area contributed by atoms with Crippen LogP contribution in [0, 0.1) is 0 Å². The molecule has 0 spiro atoms. The topological polar surface area (TPSA) is 128 Å². The number of hydrogen-bond donors (Lipinski definition) is 3. The summed E-state index contributed by atoms with van der Waals surface area (Å²) in [7, 11) is 4.78. The van der Waals surface area contributed by atoms with E-state index in [1.165, 1.54) is 18.9 Å². The Hall–Kier alpha value is -3.57. The van der Waals surface area contributed by atoms with Crippen LogP contribution in [0.1, 0.15) is 22.2 Å². The first-order valence-electron chi connectivity index (χ1n) is 9.97. The zero-order valence-corrected chi connectivity index (χ0v) is 19.3. The van der Waals surface area contributed by atoms with Gasteiger partial charge in [-0.05, 0) is 36.4 Å². The smallest absolute Gasteiger partial charge is 0.251 e.